The lowest BCUT2D eigenvalue weighted by atomic mass is 10.0. The van der Waals surface area contributed by atoms with E-state index >= 15 is 0 Å². The van der Waals surface area contributed by atoms with Gasteiger partial charge >= 0.3 is 12.1 Å². The first-order valence-corrected chi connectivity index (χ1v) is 13.0. The van der Waals surface area contributed by atoms with Gasteiger partial charge in [0.25, 0.3) is 5.56 Å². The van der Waals surface area contributed by atoms with Crippen LogP contribution in [0.25, 0.3) is 11.1 Å². The predicted molar refractivity (Wildman–Crippen MR) is 147 cm³/mol. The van der Waals surface area contributed by atoms with Crippen molar-refractivity contribution in [3.8, 4) is 16.9 Å². The number of carboxylic acid groups (broad SMARTS) is 1. The minimum Gasteiger partial charge on any atom is -0.496 e. The molecule has 0 saturated heterocycles. The Labute approximate surface area is 230 Å². The van der Waals surface area contributed by atoms with Crippen LogP contribution in [0.2, 0.25) is 0 Å². The third-order valence-corrected chi connectivity index (χ3v) is 6.39. The number of alkyl halides is 3. The van der Waals surface area contributed by atoms with Gasteiger partial charge in [-0.2, -0.15) is 18.2 Å². The predicted octanol–water partition coefficient (Wildman–Crippen LogP) is 4.78. The van der Waals surface area contributed by atoms with Crippen molar-refractivity contribution in [1.82, 2.24) is 14.5 Å². The maximum absolute atomic E-state index is 13.2. The standard InChI is InChI=1S/C28H34F3N5O4/c1-5-13-36-14-12-22(40-4)23(25(36)37)19-10-8-18(9-11-19)15-21(26(38)39)33-24-20(16-28(29,30)31)17-32-27(34-24)35(6-2)7-3/h8-12,14,17,21H,5-7,13,15-16H2,1-4H3,(H,38,39)(H,32,33,34)/t21-/m0/s1. The average molecular weight is 562 g/mol. The zero-order valence-corrected chi connectivity index (χ0v) is 23.0. The van der Waals surface area contributed by atoms with Gasteiger partial charge in [-0.15, -0.1) is 0 Å². The molecule has 0 saturated carbocycles. The number of anilines is 2. The number of methoxy groups -OCH3 is 1. The number of aliphatic carboxylic acids is 1. The maximum Gasteiger partial charge on any atom is 0.393 e. The summed E-state index contributed by atoms with van der Waals surface area (Å²) in [5.41, 5.74) is 1.14. The highest BCUT2D eigenvalue weighted by Gasteiger charge is 2.31. The Hall–Kier alpha value is -4.09. The van der Waals surface area contributed by atoms with Crippen molar-refractivity contribution in [1.29, 1.82) is 0 Å². The first-order chi connectivity index (χ1) is 19.0. The Morgan fingerprint density at radius 1 is 1.15 bits per heavy atom. The summed E-state index contributed by atoms with van der Waals surface area (Å²) in [4.78, 5) is 35.3. The lowest BCUT2D eigenvalue weighted by Gasteiger charge is -2.22. The van der Waals surface area contributed by atoms with Gasteiger partial charge in [-0.05, 0) is 37.5 Å². The number of aromatic nitrogens is 3. The monoisotopic (exact) mass is 561 g/mol. The van der Waals surface area contributed by atoms with Gasteiger partial charge in [0.2, 0.25) is 5.95 Å². The van der Waals surface area contributed by atoms with Crippen LogP contribution in [-0.2, 0) is 24.2 Å². The molecule has 0 amide bonds. The number of carbonyl (C=O) groups is 1. The Morgan fingerprint density at radius 3 is 2.38 bits per heavy atom. The molecule has 9 nitrogen and oxygen atoms in total. The number of nitrogens with zero attached hydrogens (tertiary/aromatic N) is 4. The average Bonchev–Trinajstić information content (AvgIpc) is 2.91. The molecule has 40 heavy (non-hydrogen) atoms. The number of aryl methyl sites for hydroxylation is 1. The highest BCUT2D eigenvalue weighted by atomic mass is 19.4. The van der Waals surface area contributed by atoms with E-state index < -0.39 is 24.6 Å². The van der Waals surface area contributed by atoms with E-state index in [1.807, 2.05) is 20.8 Å². The minimum absolute atomic E-state index is 0.0440. The second-order valence-electron chi connectivity index (χ2n) is 9.20. The molecule has 12 heteroatoms. The topological polar surface area (TPSA) is 110 Å². The molecular weight excluding hydrogens is 527 g/mol. The molecule has 0 unspecified atom stereocenters. The molecule has 0 aliphatic heterocycles. The maximum atomic E-state index is 13.2. The van der Waals surface area contributed by atoms with Crippen LogP contribution in [0.15, 0.2) is 47.5 Å². The lowest BCUT2D eigenvalue weighted by Crippen LogP contribution is -2.33. The van der Waals surface area contributed by atoms with Crippen LogP contribution in [0.3, 0.4) is 0 Å². The van der Waals surface area contributed by atoms with Crippen LogP contribution in [-0.4, -0.2) is 58.0 Å². The molecular formula is C28H34F3N5O4. The van der Waals surface area contributed by atoms with Gasteiger partial charge in [-0.1, -0.05) is 31.2 Å². The number of hydrogen-bond donors (Lipinski definition) is 2. The number of rotatable bonds is 13. The fourth-order valence-corrected chi connectivity index (χ4v) is 4.35. The molecule has 2 aromatic heterocycles. The molecule has 0 aliphatic rings. The Kier molecular flexibility index (Phi) is 10.1. The lowest BCUT2D eigenvalue weighted by molar-refractivity contribution is -0.137. The molecule has 1 atom stereocenters. The van der Waals surface area contributed by atoms with E-state index in [0.29, 0.717) is 42.1 Å². The summed E-state index contributed by atoms with van der Waals surface area (Å²) in [6, 6.07) is 7.20. The number of hydrogen-bond acceptors (Lipinski definition) is 7. The first kappa shape index (κ1) is 30.5. The summed E-state index contributed by atoms with van der Waals surface area (Å²) in [5, 5.41) is 12.6. The summed E-state index contributed by atoms with van der Waals surface area (Å²) in [6.45, 7) is 7.29. The molecule has 0 bridgehead atoms. The quantitative estimate of drug-likeness (QED) is 0.307. The molecule has 3 aromatic rings. The SMILES string of the molecule is CCCn1ccc(OC)c(-c2ccc(C[C@H](Nc3nc(N(CC)CC)ncc3CC(F)(F)F)C(=O)O)cc2)c1=O. The zero-order chi connectivity index (χ0) is 29.4. The van der Waals surface area contributed by atoms with Crippen LogP contribution >= 0.6 is 0 Å². The van der Waals surface area contributed by atoms with Gasteiger partial charge in [0.05, 0.1) is 19.1 Å². The molecule has 3 rings (SSSR count). The van der Waals surface area contributed by atoms with Gasteiger partial charge in [0, 0.05) is 44.0 Å². The first-order valence-electron chi connectivity index (χ1n) is 13.0. The Bertz CT molecular complexity index is 1360. The Balaban J connectivity index is 1.92. The zero-order valence-electron chi connectivity index (χ0n) is 23.0. The third-order valence-electron chi connectivity index (χ3n) is 6.39. The van der Waals surface area contributed by atoms with Crippen molar-refractivity contribution in [2.24, 2.45) is 0 Å². The summed E-state index contributed by atoms with van der Waals surface area (Å²) < 4.78 is 46.7. The summed E-state index contributed by atoms with van der Waals surface area (Å²) >= 11 is 0. The normalized spacial score (nSPS) is 12.2. The third kappa shape index (κ3) is 7.51. The van der Waals surface area contributed by atoms with Crippen molar-refractivity contribution >= 4 is 17.7 Å². The van der Waals surface area contributed by atoms with Crippen LogP contribution in [0.1, 0.15) is 38.3 Å². The van der Waals surface area contributed by atoms with E-state index in [0.717, 1.165) is 12.6 Å². The van der Waals surface area contributed by atoms with E-state index in [1.54, 1.807) is 46.0 Å². The summed E-state index contributed by atoms with van der Waals surface area (Å²) in [6.07, 6.45) is -2.33. The van der Waals surface area contributed by atoms with Crippen molar-refractivity contribution < 1.29 is 27.8 Å². The van der Waals surface area contributed by atoms with Crippen molar-refractivity contribution in [3.63, 3.8) is 0 Å². The number of nitrogens with one attached hydrogen (secondary N) is 1. The van der Waals surface area contributed by atoms with Gasteiger partial charge in [-0.25, -0.2) is 9.78 Å². The van der Waals surface area contributed by atoms with Crippen molar-refractivity contribution in [3.05, 3.63) is 64.2 Å². The molecule has 0 fully saturated rings. The second kappa shape index (κ2) is 13.3. The van der Waals surface area contributed by atoms with E-state index in [2.05, 4.69) is 15.3 Å². The molecule has 0 aliphatic carbocycles. The minimum atomic E-state index is -4.53. The van der Waals surface area contributed by atoms with E-state index in [-0.39, 0.29) is 29.3 Å². The number of benzene rings is 1. The van der Waals surface area contributed by atoms with E-state index in [9.17, 15) is 27.9 Å². The number of halogens is 3. The van der Waals surface area contributed by atoms with Gasteiger partial charge in [0.15, 0.2) is 0 Å². The van der Waals surface area contributed by atoms with Crippen molar-refractivity contribution in [2.45, 2.75) is 58.8 Å². The smallest absolute Gasteiger partial charge is 0.393 e. The molecule has 2 N–H and O–H groups in total. The highest BCUT2D eigenvalue weighted by Crippen LogP contribution is 2.28. The second-order valence-corrected chi connectivity index (χ2v) is 9.20. The van der Waals surface area contributed by atoms with Crippen LogP contribution in [0.5, 0.6) is 5.75 Å². The fraction of sp³-hybridized carbons (Fsp3) is 0.429. The summed E-state index contributed by atoms with van der Waals surface area (Å²) in [5.74, 6) is -0.807. The Morgan fingerprint density at radius 2 is 1.82 bits per heavy atom. The highest BCUT2D eigenvalue weighted by molar-refractivity contribution is 5.78. The van der Waals surface area contributed by atoms with Gasteiger partial charge in [0.1, 0.15) is 17.6 Å². The van der Waals surface area contributed by atoms with Gasteiger partial charge in [-0.3, -0.25) is 4.79 Å². The molecule has 2 heterocycles. The van der Waals surface area contributed by atoms with E-state index in [1.165, 1.54) is 7.11 Å². The van der Waals surface area contributed by atoms with Crippen molar-refractivity contribution in [2.75, 3.05) is 30.4 Å². The van der Waals surface area contributed by atoms with Crippen LogP contribution in [0.4, 0.5) is 24.9 Å². The molecule has 1 aromatic carbocycles. The molecule has 0 spiro atoms. The van der Waals surface area contributed by atoms with Crippen LogP contribution < -0.4 is 20.5 Å². The largest absolute Gasteiger partial charge is 0.496 e. The van der Waals surface area contributed by atoms with Gasteiger partial charge < -0.3 is 24.6 Å². The van der Waals surface area contributed by atoms with E-state index in [4.69, 9.17) is 4.74 Å². The molecule has 216 valence electrons. The summed E-state index contributed by atoms with van der Waals surface area (Å²) in [7, 11) is 1.48. The molecule has 0 radical (unpaired) electrons. The fourth-order valence-electron chi connectivity index (χ4n) is 4.35. The number of pyridine rings is 1. The van der Waals surface area contributed by atoms with Crippen LogP contribution in [0, 0.1) is 0 Å². The number of ether oxygens (including phenoxy) is 1. The number of carboxylic acids is 1.